The van der Waals surface area contributed by atoms with E-state index in [0.717, 1.165) is 12.1 Å². The molecule has 5 N–H and O–H groups in total. The molecule has 0 amide bonds. The third-order valence-electron chi connectivity index (χ3n) is 5.03. The van der Waals surface area contributed by atoms with Crippen LogP contribution in [0, 0.1) is 5.41 Å². The fourth-order valence-corrected chi connectivity index (χ4v) is 3.46. The van der Waals surface area contributed by atoms with E-state index < -0.39 is 12.1 Å². The molecule has 0 saturated heterocycles. The number of nitrogen functional groups attached to an aromatic ring is 2. The summed E-state index contributed by atoms with van der Waals surface area (Å²) < 4.78 is 55.5. The Labute approximate surface area is 203 Å². The van der Waals surface area contributed by atoms with Crippen LogP contribution in [0.4, 0.5) is 18.9 Å². The molecule has 0 bridgehead atoms. The summed E-state index contributed by atoms with van der Waals surface area (Å²) in [6.07, 6.45) is -4.27. The lowest BCUT2D eigenvalue weighted by atomic mass is 10.2. The summed E-state index contributed by atoms with van der Waals surface area (Å²) >= 11 is 0. The minimum atomic E-state index is -4.86. The fraction of sp³-hybridized carbons (Fsp3) is 0.217. The molecule has 0 radical (unpaired) electrons. The van der Waals surface area contributed by atoms with Crippen LogP contribution in [0.5, 0.6) is 29.1 Å². The Balaban J connectivity index is 1.80. The van der Waals surface area contributed by atoms with E-state index >= 15 is 0 Å². The van der Waals surface area contributed by atoms with Gasteiger partial charge >= 0.3 is 12.4 Å². The van der Waals surface area contributed by atoms with Crippen molar-refractivity contribution in [3.63, 3.8) is 0 Å². The first-order chi connectivity index (χ1) is 17.1. The Bertz CT molecular complexity index is 1440. The van der Waals surface area contributed by atoms with Crippen molar-refractivity contribution in [2.75, 3.05) is 5.73 Å². The molecule has 2 heterocycles. The highest BCUT2D eigenvalue weighted by Crippen LogP contribution is 2.34. The molecule has 4 rings (SSSR count). The maximum Gasteiger partial charge on any atom is 0.573 e. The van der Waals surface area contributed by atoms with Crippen molar-refractivity contribution < 1.29 is 27.4 Å². The van der Waals surface area contributed by atoms with E-state index in [0.29, 0.717) is 35.5 Å². The first kappa shape index (κ1) is 24.6. The number of anilines is 1. The molecule has 36 heavy (non-hydrogen) atoms. The Morgan fingerprint density at radius 3 is 2.44 bits per heavy atom. The van der Waals surface area contributed by atoms with Crippen molar-refractivity contribution >= 4 is 22.7 Å². The standard InChI is InChI=1S/C23H22F3N7O3/c1-3-17-30-18-20(33(17)4-2)31-22(35-16-10-12(19(28)29)8-9-15(16)27)32-21(18)34-13-6-5-7-14(11-13)36-23(24,25)26/h5-11H,3-4,27H2,1-2H3,(H3,28,29). The minimum absolute atomic E-state index is 0.0323. The molecule has 0 aliphatic carbocycles. The number of alkyl halides is 3. The number of nitrogens with two attached hydrogens (primary N) is 2. The Morgan fingerprint density at radius 2 is 1.78 bits per heavy atom. The Morgan fingerprint density at radius 1 is 1.03 bits per heavy atom. The van der Waals surface area contributed by atoms with Crippen molar-refractivity contribution in [2.24, 2.45) is 5.73 Å². The number of rotatable bonds is 8. The summed E-state index contributed by atoms with van der Waals surface area (Å²) in [6.45, 7) is 4.37. The van der Waals surface area contributed by atoms with Crippen LogP contribution >= 0.6 is 0 Å². The molecule has 10 nitrogen and oxygen atoms in total. The highest BCUT2D eigenvalue weighted by Gasteiger charge is 2.31. The average molecular weight is 501 g/mol. The number of imidazole rings is 1. The van der Waals surface area contributed by atoms with Crippen LogP contribution in [-0.2, 0) is 13.0 Å². The molecule has 2 aromatic heterocycles. The number of ether oxygens (including phenoxy) is 3. The maximum absolute atomic E-state index is 12.7. The normalized spacial score (nSPS) is 11.5. The third-order valence-corrected chi connectivity index (χ3v) is 5.03. The highest BCUT2D eigenvalue weighted by atomic mass is 19.4. The first-order valence-corrected chi connectivity index (χ1v) is 10.8. The quantitative estimate of drug-likeness (QED) is 0.178. The molecule has 0 saturated carbocycles. The fourth-order valence-electron chi connectivity index (χ4n) is 3.46. The highest BCUT2D eigenvalue weighted by molar-refractivity contribution is 5.95. The lowest BCUT2D eigenvalue weighted by Crippen LogP contribution is -2.17. The molecule has 0 fully saturated rings. The van der Waals surface area contributed by atoms with E-state index in [1.807, 2.05) is 18.4 Å². The average Bonchev–Trinajstić information content (AvgIpc) is 3.17. The number of nitrogens with one attached hydrogen (secondary N) is 1. The van der Waals surface area contributed by atoms with E-state index in [4.69, 9.17) is 26.4 Å². The summed E-state index contributed by atoms with van der Waals surface area (Å²) in [6, 6.07) is 9.44. The molecule has 188 valence electrons. The van der Waals surface area contributed by atoms with Crippen LogP contribution < -0.4 is 25.7 Å². The topological polar surface area (TPSA) is 147 Å². The number of nitrogens with zero attached hydrogens (tertiary/aromatic N) is 4. The summed E-state index contributed by atoms with van der Waals surface area (Å²) in [4.78, 5) is 13.3. The van der Waals surface area contributed by atoms with Gasteiger partial charge in [0.25, 0.3) is 5.88 Å². The molecule has 0 spiro atoms. The Hall–Kier alpha value is -4.55. The number of aryl methyl sites for hydroxylation is 2. The monoisotopic (exact) mass is 501 g/mol. The van der Waals surface area contributed by atoms with Crippen LogP contribution in [-0.4, -0.2) is 31.7 Å². The van der Waals surface area contributed by atoms with Crippen LogP contribution in [0.3, 0.4) is 0 Å². The summed E-state index contributed by atoms with van der Waals surface area (Å²) in [5.41, 5.74) is 12.9. The molecule has 13 heteroatoms. The molecule has 2 aromatic carbocycles. The number of hydrogen-bond acceptors (Lipinski definition) is 8. The third kappa shape index (κ3) is 5.24. The molecule has 0 aliphatic heterocycles. The van der Waals surface area contributed by atoms with E-state index in [-0.39, 0.29) is 34.9 Å². The summed E-state index contributed by atoms with van der Waals surface area (Å²) in [5, 5.41) is 7.64. The van der Waals surface area contributed by atoms with Crippen molar-refractivity contribution in [2.45, 2.75) is 33.2 Å². The van der Waals surface area contributed by atoms with E-state index in [1.54, 1.807) is 6.07 Å². The Kier molecular flexibility index (Phi) is 6.55. The van der Waals surface area contributed by atoms with Crippen molar-refractivity contribution in [3.8, 4) is 29.1 Å². The molecule has 0 atom stereocenters. The predicted molar refractivity (Wildman–Crippen MR) is 126 cm³/mol. The van der Waals surface area contributed by atoms with Crippen molar-refractivity contribution in [1.82, 2.24) is 19.5 Å². The van der Waals surface area contributed by atoms with Gasteiger partial charge in [-0.3, -0.25) is 5.41 Å². The zero-order valence-electron chi connectivity index (χ0n) is 19.3. The van der Waals surface area contributed by atoms with E-state index in [2.05, 4.69) is 19.7 Å². The number of amidine groups is 1. The molecular formula is C23H22F3N7O3. The number of fused-ring (bicyclic) bond motifs is 1. The van der Waals surface area contributed by atoms with Gasteiger partial charge in [0.05, 0.1) is 5.69 Å². The second-order valence-corrected chi connectivity index (χ2v) is 7.50. The van der Waals surface area contributed by atoms with Gasteiger partial charge < -0.3 is 30.2 Å². The lowest BCUT2D eigenvalue weighted by Gasteiger charge is -2.12. The van der Waals surface area contributed by atoms with Gasteiger partial charge in [-0.1, -0.05) is 13.0 Å². The van der Waals surface area contributed by atoms with Gasteiger partial charge in [0, 0.05) is 24.6 Å². The van der Waals surface area contributed by atoms with Crippen LogP contribution in [0.2, 0.25) is 0 Å². The number of hydrogen-bond donors (Lipinski definition) is 3. The molecular weight excluding hydrogens is 479 g/mol. The molecule has 0 aliphatic rings. The zero-order valence-corrected chi connectivity index (χ0v) is 19.3. The molecule has 0 unspecified atom stereocenters. The van der Waals surface area contributed by atoms with Gasteiger partial charge in [0.2, 0.25) is 0 Å². The summed E-state index contributed by atoms with van der Waals surface area (Å²) in [7, 11) is 0. The van der Waals surface area contributed by atoms with Gasteiger partial charge in [-0.15, -0.1) is 13.2 Å². The van der Waals surface area contributed by atoms with Gasteiger partial charge in [-0.2, -0.15) is 9.97 Å². The van der Waals surface area contributed by atoms with Gasteiger partial charge in [0.1, 0.15) is 23.2 Å². The number of halogens is 3. The van der Waals surface area contributed by atoms with Crippen molar-refractivity contribution in [3.05, 3.63) is 53.9 Å². The van der Waals surface area contributed by atoms with E-state index in [1.165, 1.54) is 24.3 Å². The van der Waals surface area contributed by atoms with Crippen LogP contribution in [0.1, 0.15) is 25.2 Å². The zero-order chi connectivity index (χ0) is 26.0. The maximum atomic E-state index is 12.7. The second-order valence-electron chi connectivity index (χ2n) is 7.50. The SMILES string of the molecule is CCc1nc2c(Oc3cccc(OC(F)(F)F)c3)nc(Oc3cc(C(=N)N)ccc3N)nc2n1CC. The van der Waals surface area contributed by atoms with Gasteiger partial charge in [-0.25, -0.2) is 4.98 Å². The second kappa shape index (κ2) is 9.60. The van der Waals surface area contributed by atoms with E-state index in [9.17, 15) is 13.2 Å². The van der Waals surface area contributed by atoms with Crippen LogP contribution in [0.15, 0.2) is 42.5 Å². The lowest BCUT2D eigenvalue weighted by molar-refractivity contribution is -0.274. The largest absolute Gasteiger partial charge is 0.573 e. The van der Waals surface area contributed by atoms with Gasteiger partial charge in [-0.05, 0) is 37.3 Å². The van der Waals surface area contributed by atoms with Gasteiger partial charge in [0.15, 0.2) is 16.9 Å². The first-order valence-electron chi connectivity index (χ1n) is 10.8. The number of aromatic nitrogens is 4. The number of benzene rings is 2. The molecule has 4 aromatic rings. The van der Waals surface area contributed by atoms with Crippen molar-refractivity contribution in [1.29, 1.82) is 5.41 Å². The smallest absolute Gasteiger partial charge is 0.437 e. The minimum Gasteiger partial charge on any atom is -0.437 e. The van der Waals surface area contributed by atoms with Crippen LogP contribution in [0.25, 0.3) is 11.2 Å². The predicted octanol–water partition coefficient (Wildman–Crippen LogP) is 4.76. The summed E-state index contributed by atoms with van der Waals surface area (Å²) in [5.74, 6) is 0.219.